The van der Waals surface area contributed by atoms with Crippen LogP contribution in [-0.4, -0.2) is 20.3 Å². The van der Waals surface area contributed by atoms with E-state index in [2.05, 4.69) is 9.55 Å². The Morgan fingerprint density at radius 2 is 2.28 bits per heavy atom. The third-order valence-corrected chi connectivity index (χ3v) is 5.99. The van der Waals surface area contributed by atoms with Crippen molar-refractivity contribution in [3.63, 3.8) is 0 Å². The third kappa shape index (κ3) is 1.37. The monoisotopic (exact) mass is 246 g/mol. The number of aromatic nitrogens is 2. The normalized spacial score (nSPS) is 45.7. The summed E-state index contributed by atoms with van der Waals surface area (Å²) in [6.45, 7) is 0. The molecular weight excluding hydrogens is 224 g/mol. The second-order valence-electron chi connectivity index (χ2n) is 6.80. The van der Waals surface area contributed by atoms with E-state index in [9.17, 15) is 5.11 Å². The van der Waals surface area contributed by atoms with Crippen LogP contribution in [0.3, 0.4) is 0 Å². The maximum Gasteiger partial charge on any atom is 0.111 e. The van der Waals surface area contributed by atoms with E-state index in [0.29, 0.717) is 5.92 Å². The van der Waals surface area contributed by atoms with Crippen LogP contribution in [0.1, 0.15) is 37.9 Å². The zero-order valence-electron chi connectivity index (χ0n) is 11.0. The van der Waals surface area contributed by atoms with Crippen LogP contribution in [0.25, 0.3) is 0 Å². The molecule has 18 heavy (non-hydrogen) atoms. The highest BCUT2D eigenvalue weighted by atomic mass is 16.3. The standard InChI is InChI=1S/C15H22N2O/c1-17-6-5-16-14(17)9-15(18)8-10-7-13(15)12-4-2-3-11(10)12/h5-6,10-13,18H,2-4,7-9H2,1H3. The van der Waals surface area contributed by atoms with Gasteiger partial charge in [-0.3, -0.25) is 0 Å². The van der Waals surface area contributed by atoms with Gasteiger partial charge in [-0.05, 0) is 49.4 Å². The van der Waals surface area contributed by atoms with Crippen molar-refractivity contribution in [2.75, 3.05) is 0 Å². The van der Waals surface area contributed by atoms with Crippen molar-refractivity contribution in [2.24, 2.45) is 30.7 Å². The van der Waals surface area contributed by atoms with Crippen molar-refractivity contribution in [3.8, 4) is 0 Å². The van der Waals surface area contributed by atoms with Gasteiger partial charge in [0.2, 0.25) is 0 Å². The van der Waals surface area contributed by atoms with Gasteiger partial charge in [-0.1, -0.05) is 6.42 Å². The molecule has 5 unspecified atom stereocenters. The predicted molar refractivity (Wildman–Crippen MR) is 68.9 cm³/mol. The predicted octanol–water partition coefficient (Wildman–Crippen LogP) is 2.15. The number of rotatable bonds is 2. The average molecular weight is 246 g/mol. The van der Waals surface area contributed by atoms with Crippen molar-refractivity contribution in [1.29, 1.82) is 0 Å². The van der Waals surface area contributed by atoms with Crippen LogP contribution in [0.5, 0.6) is 0 Å². The van der Waals surface area contributed by atoms with Gasteiger partial charge in [-0.25, -0.2) is 4.98 Å². The van der Waals surface area contributed by atoms with E-state index in [-0.39, 0.29) is 0 Å². The first-order valence-corrected chi connectivity index (χ1v) is 7.36. The Morgan fingerprint density at radius 1 is 1.44 bits per heavy atom. The lowest BCUT2D eigenvalue weighted by molar-refractivity contribution is -0.0468. The zero-order valence-corrected chi connectivity index (χ0v) is 11.0. The smallest absolute Gasteiger partial charge is 0.111 e. The molecule has 3 aliphatic carbocycles. The molecule has 3 fully saturated rings. The molecule has 98 valence electrons. The van der Waals surface area contributed by atoms with E-state index in [1.807, 2.05) is 19.4 Å². The Balaban J connectivity index is 1.60. The van der Waals surface area contributed by atoms with Crippen LogP contribution >= 0.6 is 0 Å². The van der Waals surface area contributed by atoms with Crippen molar-refractivity contribution in [2.45, 2.75) is 44.1 Å². The Labute approximate surface area is 108 Å². The van der Waals surface area contributed by atoms with Gasteiger partial charge >= 0.3 is 0 Å². The molecule has 0 saturated heterocycles. The van der Waals surface area contributed by atoms with Gasteiger partial charge in [0.15, 0.2) is 0 Å². The molecule has 3 nitrogen and oxygen atoms in total. The maximum atomic E-state index is 11.1. The summed E-state index contributed by atoms with van der Waals surface area (Å²) in [7, 11) is 2.03. The summed E-state index contributed by atoms with van der Waals surface area (Å²) in [5.41, 5.74) is -0.463. The number of hydrogen-bond acceptors (Lipinski definition) is 2. The highest BCUT2D eigenvalue weighted by Crippen LogP contribution is 2.62. The Hall–Kier alpha value is -0.830. The molecule has 0 amide bonds. The van der Waals surface area contributed by atoms with E-state index >= 15 is 0 Å². The largest absolute Gasteiger partial charge is 0.389 e. The average Bonchev–Trinajstić information content (AvgIpc) is 3.01. The molecule has 3 heteroatoms. The summed E-state index contributed by atoms with van der Waals surface area (Å²) in [6.07, 6.45) is 11.0. The van der Waals surface area contributed by atoms with Crippen LogP contribution < -0.4 is 0 Å². The molecule has 3 saturated carbocycles. The Bertz CT molecular complexity index is 469. The number of imidazole rings is 1. The molecule has 3 aliphatic rings. The molecule has 0 aliphatic heterocycles. The minimum absolute atomic E-state index is 0.463. The second-order valence-corrected chi connectivity index (χ2v) is 6.80. The van der Waals surface area contributed by atoms with Crippen molar-refractivity contribution < 1.29 is 5.11 Å². The third-order valence-electron chi connectivity index (χ3n) is 5.99. The first-order valence-electron chi connectivity index (χ1n) is 7.36. The lowest BCUT2D eigenvalue weighted by atomic mass is 9.71. The molecule has 0 radical (unpaired) electrons. The zero-order chi connectivity index (χ0) is 12.3. The van der Waals surface area contributed by atoms with E-state index in [1.165, 1.54) is 25.7 Å². The van der Waals surface area contributed by atoms with Gasteiger partial charge in [0, 0.05) is 25.9 Å². The number of aliphatic hydroxyl groups is 1. The molecule has 0 spiro atoms. The first-order chi connectivity index (χ1) is 8.67. The minimum atomic E-state index is -0.463. The lowest BCUT2D eigenvalue weighted by Crippen LogP contribution is -2.43. The molecule has 5 atom stereocenters. The molecule has 1 aromatic rings. The molecule has 4 rings (SSSR count). The first kappa shape index (κ1) is 11.0. The minimum Gasteiger partial charge on any atom is -0.389 e. The summed E-state index contributed by atoms with van der Waals surface area (Å²) < 4.78 is 2.05. The number of fused-ring (bicyclic) bond motifs is 5. The van der Waals surface area contributed by atoms with Crippen molar-refractivity contribution in [3.05, 3.63) is 18.2 Å². The highest BCUT2D eigenvalue weighted by Gasteiger charge is 2.60. The fraction of sp³-hybridized carbons (Fsp3) is 0.800. The van der Waals surface area contributed by atoms with Crippen LogP contribution in [0.2, 0.25) is 0 Å². The molecule has 1 heterocycles. The summed E-state index contributed by atoms with van der Waals surface area (Å²) in [4.78, 5) is 4.40. The van der Waals surface area contributed by atoms with Crippen LogP contribution in [0.15, 0.2) is 12.4 Å². The molecule has 0 aromatic carbocycles. The lowest BCUT2D eigenvalue weighted by Gasteiger charge is -2.38. The number of hydrogen-bond donors (Lipinski definition) is 1. The van der Waals surface area contributed by atoms with Crippen LogP contribution in [-0.2, 0) is 13.5 Å². The SMILES string of the molecule is Cn1ccnc1CC1(O)CC2CC1C1CCCC21. The van der Waals surface area contributed by atoms with Gasteiger partial charge in [0.1, 0.15) is 5.82 Å². The quantitative estimate of drug-likeness (QED) is 0.868. The second kappa shape index (κ2) is 3.60. The molecule has 1 N–H and O–H groups in total. The van der Waals surface area contributed by atoms with Crippen LogP contribution in [0, 0.1) is 23.7 Å². The number of aryl methyl sites for hydroxylation is 1. The van der Waals surface area contributed by atoms with Gasteiger partial charge in [-0.15, -0.1) is 0 Å². The summed E-state index contributed by atoms with van der Waals surface area (Å²) in [5, 5.41) is 11.1. The van der Waals surface area contributed by atoms with E-state index in [4.69, 9.17) is 0 Å². The number of nitrogens with zero attached hydrogens (tertiary/aromatic N) is 2. The van der Waals surface area contributed by atoms with E-state index in [1.54, 1.807) is 0 Å². The van der Waals surface area contributed by atoms with Crippen LogP contribution in [0.4, 0.5) is 0 Å². The van der Waals surface area contributed by atoms with E-state index < -0.39 is 5.60 Å². The molecule has 1 aromatic heterocycles. The molecular formula is C15H22N2O. The molecule has 2 bridgehead atoms. The van der Waals surface area contributed by atoms with Gasteiger partial charge in [0.05, 0.1) is 5.60 Å². The van der Waals surface area contributed by atoms with Gasteiger partial charge < -0.3 is 9.67 Å². The highest BCUT2D eigenvalue weighted by molar-refractivity contribution is 5.13. The fourth-order valence-electron chi connectivity index (χ4n) is 5.28. The van der Waals surface area contributed by atoms with Gasteiger partial charge in [0.25, 0.3) is 0 Å². The van der Waals surface area contributed by atoms with E-state index in [0.717, 1.165) is 36.4 Å². The topological polar surface area (TPSA) is 38.0 Å². The Morgan fingerprint density at radius 3 is 3.06 bits per heavy atom. The van der Waals surface area contributed by atoms with Crippen molar-refractivity contribution in [1.82, 2.24) is 9.55 Å². The summed E-state index contributed by atoms with van der Waals surface area (Å²) in [5.74, 6) is 4.14. The maximum absolute atomic E-state index is 11.1. The summed E-state index contributed by atoms with van der Waals surface area (Å²) in [6, 6.07) is 0. The summed E-state index contributed by atoms with van der Waals surface area (Å²) >= 11 is 0. The Kier molecular flexibility index (Phi) is 2.20. The van der Waals surface area contributed by atoms with Crippen molar-refractivity contribution >= 4 is 0 Å². The fourth-order valence-corrected chi connectivity index (χ4v) is 5.28. The van der Waals surface area contributed by atoms with Gasteiger partial charge in [-0.2, -0.15) is 0 Å².